The third-order valence-corrected chi connectivity index (χ3v) is 9.72. The Hall–Kier alpha value is -3.49. The first-order valence-corrected chi connectivity index (χ1v) is 16.7. The van der Waals surface area contributed by atoms with Crippen LogP contribution in [0.1, 0.15) is 99.2 Å². The second-order valence-electron chi connectivity index (χ2n) is 13.2. The first-order chi connectivity index (χ1) is 23.3. The van der Waals surface area contributed by atoms with Crippen molar-refractivity contribution in [3.8, 4) is 5.75 Å². The lowest BCUT2D eigenvalue weighted by Gasteiger charge is -2.30. The fourth-order valence-corrected chi connectivity index (χ4v) is 7.10. The lowest BCUT2D eigenvalue weighted by Crippen LogP contribution is -2.31. The highest BCUT2D eigenvalue weighted by atomic mass is 19.4. The van der Waals surface area contributed by atoms with Crippen molar-refractivity contribution in [3.63, 3.8) is 0 Å². The number of rotatable bonds is 12. The van der Waals surface area contributed by atoms with E-state index in [-0.39, 0.29) is 41.9 Å². The van der Waals surface area contributed by atoms with Gasteiger partial charge in [-0.1, -0.05) is 19.9 Å². The molecule has 6 nitrogen and oxygen atoms in total. The van der Waals surface area contributed by atoms with Crippen molar-refractivity contribution in [1.82, 2.24) is 10.6 Å². The fourth-order valence-electron chi connectivity index (χ4n) is 7.10. The second-order valence-corrected chi connectivity index (χ2v) is 13.2. The predicted octanol–water partition coefficient (Wildman–Crippen LogP) is 9.09. The maximum Gasteiger partial charge on any atom is 0.573 e. The number of benzene rings is 2. The highest BCUT2D eigenvalue weighted by Gasteiger charge is 2.43. The molecule has 2 aliphatic rings. The zero-order valence-electron chi connectivity index (χ0n) is 27.8. The fraction of sp³-hybridized carbons (Fsp3) is 0.600. The largest absolute Gasteiger partial charge is 0.573 e. The summed E-state index contributed by atoms with van der Waals surface area (Å²) < 4.78 is 130. The van der Waals surface area contributed by atoms with E-state index in [0.29, 0.717) is 49.3 Å². The van der Waals surface area contributed by atoms with Crippen molar-refractivity contribution < 1.29 is 58.6 Å². The summed E-state index contributed by atoms with van der Waals surface area (Å²) in [5.41, 5.74) is -2.49. The van der Waals surface area contributed by atoms with Gasteiger partial charge in [-0.2, -0.15) is 26.3 Å². The molecule has 1 aliphatic carbocycles. The molecule has 2 N–H and O–H groups in total. The Morgan fingerprint density at radius 2 is 1.50 bits per heavy atom. The number of hydrogen-bond acceptors (Lipinski definition) is 5. The molecule has 1 saturated heterocycles. The molecule has 1 saturated carbocycles. The van der Waals surface area contributed by atoms with Crippen LogP contribution in [0, 0.1) is 23.7 Å². The van der Waals surface area contributed by atoms with Gasteiger partial charge in [0.25, 0.3) is 0 Å². The van der Waals surface area contributed by atoms with E-state index in [2.05, 4.69) is 15.4 Å². The summed E-state index contributed by atoms with van der Waals surface area (Å²) in [5.74, 6) is -2.69. The molecule has 2 unspecified atom stereocenters. The van der Waals surface area contributed by atoms with Crippen LogP contribution in [0.25, 0.3) is 0 Å². The summed E-state index contributed by atoms with van der Waals surface area (Å²) in [4.78, 5) is 25.1. The minimum atomic E-state index is -5.08. The monoisotopic (exact) mass is 724 g/mol. The summed E-state index contributed by atoms with van der Waals surface area (Å²) >= 11 is 0. The van der Waals surface area contributed by atoms with Gasteiger partial charge in [0, 0.05) is 18.4 Å². The topological polar surface area (TPSA) is 76.7 Å². The SMILES string of the molecule is CCOC(=O)CC1CCC(CNC(CC)c2ccc(OC(F)(F)F)cc2CC2C(=O)N[C@@H](c3cc(C(F)(F)F)cc(C(F)(F)F)c3)[C@H]2C)CC1. The average molecular weight is 725 g/mol. The number of esters is 1. The number of ether oxygens (including phenoxy) is 2. The third kappa shape index (κ3) is 10.3. The smallest absolute Gasteiger partial charge is 0.466 e. The lowest BCUT2D eigenvalue weighted by molar-refractivity contribution is -0.274. The minimum Gasteiger partial charge on any atom is -0.466 e. The number of carbonyl (C=O) groups is 2. The van der Waals surface area contributed by atoms with E-state index in [1.165, 1.54) is 25.1 Å². The van der Waals surface area contributed by atoms with Crippen molar-refractivity contribution in [3.05, 3.63) is 64.2 Å². The van der Waals surface area contributed by atoms with Gasteiger partial charge in [-0.3, -0.25) is 9.59 Å². The van der Waals surface area contributed by atoms with Gasteiger partial charge in [-0.15, -0.1) is 13.2 Å². The second kappa shape index (κ2) is 15.8. The van der Waals surface area contributed by atoms with E-state index < -0.39 is 59.4 Å². The molecular weight excluding hydrogens is 683 g/mol. The Balaban J connectivity index is 1.56. The highest BCUT2D eigenvalue weighted by molar-refractivity contribution is 5.82. The molecule has 1 amide bonds. The molecule has 2 aromatic rings. The van der Waals surface area contributed by atoms with E-state index in [1.54, 1.807) is 6.92 Å². The normalized spacial score (nSPS) is 23.8. The zero-order valence-corrected chi connectivity index (χ0v) is 27.8. The molecule has 1 aliphatic heterocycles. The Labute approximate surface area is 284 Å². The van der Waals surface area contributed by atoms with Crippen LogP contribution in [0.15, 0.2) is 36.4 Å². The lowest BCUT2D eigenvalue weighted by atomic mass is 9.80. The van der Waals surface area contributed by atoms with E-state index in [4.69, 9.17) is 4.74 Å². The Morgan fingerprint density at radius 3 is 2.04 bits per heavy atom. The average Bonchev–Trinajstić information content (AvgIpc) is 3.29. The zero-order chi connectivity index (χ0) is 37.0. The van der Waals surface area contributed by atoms with Gasteiger partial charge in [0.2, 0.25) is 5.91 Å². The molecule has 1 heterocycles. The first kappa shape index (κ1) is 39.3. The van der Waals surface area contributed by atoms with Crippen molar-refractivity contribution >= 4 is 11.9 Å². The van der Waals surface area contributed by atoms with E-state index >= 15 is 0 Å². The molecule has 2 fully saturated rings. The van der Waals surface area contributed by atoms with Gasteiger partial charge in [-0.05, 0) is 117 Å². The number of hydrogen-bond donors (Lipinski definition) is 2. The molecule has 278 valence electrons. The number of amides is 1. The summed E-state index contributed by atoms with van der Waals surface area (Å²) in [6, 6.07) is 3.41. The van der Waals surface area contributed by atoms with E-state index in [0.717, 1.165) is 25.7 Å². The minimum absolute atomic E-state index is 0.00782. The maximum absolute atomic E-state index is 13.6. The number of carbonyl (C=O) groups excluding carboxylic acids is 2. The van der Waals surface area contributed by atoms with Crippen LogP contribution < -0.4 is 15.4 Å². The van der Waals surface area contributed by atoms with Crippen LogP contribution in [0.2, 0.25) is 0 Å². The van der Waals surface area contributed by atoms with Gasteiger partial charge >= 0.3 is 24.7 Å². The van der Waals surface area contributed by atoms with Crippen LogP contribution >= 0.6 is 0 Å². The van der Waals surface area contributed by atoms with Crippen molar-refractivity contribution in [1.29, 1.82) is 0 Å². The van der Waals surface area contributed by atoms with E-state index in [1.807, 2.05) is 6.92 Å². The first-order valence-electron chi connectivity index (χ1n) is 16.7. The van der Waals surface area contributed by atoms with Gasteiger partial charge in [-0.25, -0.2) is 0 Å². The van der Waals surface area contributed by atoms with Crippen LogP contribution in [0.3, 0.4) is 0 Å². The maximum atomic E-state index is 13.6. The number of halogens is 9. The van der Waals surface area contributed by atoms with Crippen molar-refractivity contribution in [2.75, 3.05) is 13.2 Å². The number of nitrogens with one attached hydrogen (secondary N) is 2. The van der Waals surface area contributed by atoms with Gasteiger partial charge in [0.15, 0.2) is 0 Å². The van der Waals surface area contributed by atoms with E-state index in [9.17, 15) is 49.1 Å². The molecule has 0 spiro atoms. The molecule has 2 aromatic carbocycles. The molecule has 0 aromatic heterocycles. The Morgan fingerprint density at radius 1 is 0.900 bits per heavy atom. The molecule has 0 bridgehead atoms. The summed E-state index contributed by atoms with van der Waals surface area (Å²) in [5, 5.41) is 6.02. The molecule has 4 rings (SSSR count). The highest BCUT2D eigenvalue weighted by Crippen LogP contribution is 2.43. The van der Waals surface area contributed by atoms with Crippen molar-refractivity contribution in [2.45, 2.75) is 96.5 Å². The van der Waals surface area contributed by atoms with Crippen LogP contribution in [0.4, 0.5) is 39.5 Å². The molecule has 4 atom stereocenters. The summed E-state index contributed by atoms with van der Waals surface area (Å²) in [7, 11) is 0. The molecule has 50 heavy (non-hydrogen) atoms. The standard InChI is InChI=1S/C35H41F9N2O4/c1-4-29(45-18-21-8-6-20(7-9-21)12-30(47)49-5-2)27-11-10-26(50-35(42,43)44)15-22(27)16-28-19(3)31(46-32(28)48)23-13-24(33(36,37)38)17-25(14-23)34(39,40)41/h10-11,13-15,17,19-21,28-29,31,45H,4-9,12,16,18H2,1-3H3,(H,46,48)/t19-,20?,21?,28?,29?,31+/m0/s1. The van der Waals surface area contributed by atoms with Crippen LogP contribution in [-0.2, 0) is 33.1 Å². The molecule has 15 heteroatoms. The third-order valence-electron chi connectivity index (χ3n) is 9.72. The number of alkyl halides is 9. The van der Waals surface area contributed by atoms with Gasteiger partial charge in [0.05, 0.1) is 23.8 Å². The van der Waals surface area contributed by atoms with Crippen LogP contribution in [-0.4, -0.2) is 31.4 Å². The van der Waals surface area contributed by atoms with Crippen molar-refractivity contribution in [2.24, 2.45) is 23.7 Å². The molecule has 0 radical (unpaired) electrons. The predicted molar refractivity (Wildman–Crippen MR) is 165 cm³/mol. The Kier molecular flexibility index (Phi) is 12.4. The van der Waals surface area contributed by atoms with Crippen LogP contribution in [0.5, 0.6) is 5.75 Å². The van der Waals surface area contributed by atoms with Gasteiger partial charge < -0.3 is 20.1 Å². The molecular formula is C35H41F9N2O4. The van der Waals surface area contributed by atoms with Gasteiger partial charge in [0.1, 0.15) is 5.75 Å². The summed E-state index contributed by atoms with van der Waals surface area (Å²) in [6.45, 7) is 6.05. The quantitative estimate of drug-likeness (QED) is 0.169. The summed E-state index contributed by atoms with van der Waals surface area (Å²) in [6.07, 6.45) is -11.0. The Bertz CT molecular complexity index is 1450.